The quantitative estimate of drug-likeness (QED) is 0.521. The molecule has 0 aliphatic rings. The molecule has 134 valence electrons. The van der Waals surface area contributed by atoms with Crippen molar-refractivity contribution >= 4 is 46.4 Å². The molecule has 0 saturated heterocycles. The first-order valence-electron chi connectivity index (χ1n) is 7.39. The fourth-order valence-corrected chi connectivity index (χ4v) is 3.08. The lowest BCUT2D eigenvalue weighted by atomic mass is 10.3. The molecule has 3 aromatic rings. The van der Waals surface area contributed by atoms with Crippen LogP contribution in [0.25, 0.3) is 0 Å². The summed E-state index contributed by atoms with van der Waals surface area (Å²) in [6, 6.07) is 12.5. The van der Waals surface area contributed by atoms with Crippen LogP contribution in [0.4, 0.5) is 5.69 Å². The third kappa shape index (κ3) is 4.25. The number of furan rings is 1. The van der Waals surface area contributed by atoms with E-state index in [2.05, 4.69) is 5.32 Å². The molecule has 1 aromatic heterocycles. The van der Waals surface area contributed by atoms with Gasteiger partial charge in [-0.05, 0) is 36.4 Å². The molecular weight excluding hydrogens is 401 g/mol. The number of amides is 1. The smallest absolute Gasteiger partial charge is 0.291 e. The zero-order valence-corrected chi connectivity index (χ0v) is 15.4. The summed E-state index contributed by atoms with van der Waals surface area (Å²) in [6.45, 7) is 0.0188. The van der Waals surface area contributed by atoms with Crippen LogP contribution < -0.4 is 10.1 Å². The number of hydrogen-bond donors (Lipinski definition) is 2. The van der Waals surface area contributed by atoms with Gasteiger partial charge >= 0.3 is 0 Å². The highest BCUT2D eigenvalue weighted by atomic mass is 35.5. The summed E-state index contributed by atoms with van der Waals surface area (Å²) < 4.78 is 11.0. The molecule has 3 rings (SSSR count). The van der Waals surface area contributed by atoms with E-state index in [0.717, 1.165) is 0 Å². The van der Waals surface area contributed by atoms with Crippen LogP contribution in [0.15, 0.2) is 52.9 Å². The Morgan fingerprint density at radius 3 is 2.46 bits per heavy atom. The molecule has 26 heavy (non-hydrogen) atoms. The second-order valence-corrected chi connectivity index (χ2v) is 6.48. The Labute approximate surface area is 164 Å². The Balaban J connectivity index is 1.67. The first kappa shape index (κ1) is 18.5. The zero-order chi connectivity index (χ0) is 18.7. The number of para-hydroxylation sites is 2. The number of rotatable bonds is 5. The van der Waals surface area contributed by atoms with E-state index in [1.54, 1.807) is 24.3 Å². The number of halogens is 3. The number of nitrogens with one attached hydrogen (secondary N) is 1. The number of hydrogen-bond acceptors (Lipinski definition) is 4. The van der Waals surface area contributed by atoms with Crippen LogP contribution in [0.3, 0.4) is 0 Å². The second-order valence-electron chi connectivity index (χ2n) is 5.22. The summed E-state index contributed by atoms with van der Waals surface area (Å²) in [4.78, 5) is 12.2. The molecule has 0 aliphatic carbocycles. The minimum atomic E-state index is -0.500. The van der Waals surface area contributed by atoms with Crippen LogP contribution in [-0.4, -0.2) is 11.0 Å². The largest absolute Gasteiger partial charge is 0.506 e. The summed E-state index contributed by atoms with van der Waals surface area (Å²) in [7, 11) is 0. The number of phenolic OH excluding ortho intramolecular Hbond substituents is 1. The number of phenols is 1. The van der Waals surface area contributed by atoms with Crippen molar-refractivity contribution < 1.29 is 19.1 Å². The first-order chi connectivity index (χ1) is 12.4. The Morgan fingerprint density at radius 1 is 1.08 bits per heavy atom. The van der Waals surface area contributed by atoms with Gasteiger partial charge in [0.05, 0.1) is 15.7 Å². The number of carbonyl (C=O) groups is 1. The maximum atomic E-state index is 12.2. The summed E-state index contributed by atoms with van der Waals surface area (Å²) in [5, 5.41) is 13.2. The molecule has 0 unspecified atom stereocenters. The van der Waals surface area contributed by atoms with Crippen molar-refractivity contribution in [3.8, 4) is 11.5 Å². The number of benzene rings is 2. The summed E-state index contributed by atoms with van der Waals surface area (Å²) in [5.74, 6) is 0.201. The zero-order valence-electron chi connectivity index (χ0n) is 13.1. The highest BCUT2D eigenvalue weighted by molar-refractivity contribution is 6.40. The van der Waals surface area contributed by atoms with Gasteiger partial charge < -0.3 is 19.6 Å². The summed E-state index contributed by atoms with van der Waals surface area (Å²) >= 11 is 17.9. The molecule has 8 heteroatoms. The molecule has 0 spiro atoms. The maximum absolute atomic E-state index is 12.2. The molecule has 0 saturated carbocycles. The van der Waals surface area contributed by atoms with Crippen LogP contribution in [0, 0.1) is 0 Å². The van der Waals surface area contributed by atoms with Crippen LogP contribution in [0.1, 0.15) is 16.3 Å². The van der Waals surface area contributed by atoms with Gasteiger partial charge in [-0.25, -0.2) is 0 Å². The average molecular weight is 413 g/mol. The lowest BCUT2D eigenvalue weighted by Crippen LogP contribution is -2.10. The average Bonchev–Trinajstić information content (AvgIpc) is 3.05. The van der Waals surface area contributed by atoms with Gasteiger partial charge in [0.15, 0.2) is 11.5 Å². The second kappa shape index (κ2) is 7.91. The highest BCUT2D eigenvalue weighted by Gasteiger charge is 2.15. The number of anilines is 1. The standard InChI is InChI=1S/C18H12Cl3NO4/c19-10-7-12(20)17(13(21)8-10)25-9-11-5-6-16(26-11)18(24)22-14-3-1-2-4-15(14)23/h1-8,23H,9H2,(H,22,24). The molecule has 1 amide bonds. The molecule has 0 radical (unpaired) electrons. The number of ether oxygens (including phenoxy) is 1. The fraction of sp³-hybridized carbons (Fsp3) is 0.0556. The van der Waals surface area contributed by atoms with Gasteiger partial charge in [0.25, 0.3) is 5.91 Å². The van der Waals surface area contributed by atoms with Crippen molar-refractivity contribution in [3.63, 3.8) is 0 Å². The van der Waals surface area contributed by atoms with Crippen molar-refractivity contribution in [2.45, 2.75) is 6.61 Å². The third-order valence-electron chi connectivity index (χ3n) is 3.36. The van der Waals surface area contributed by atoms with E-state index in [-0.39, 0.29) is 39.6 Å². The van der Waals surface area contributed by atoms with Gasteiger partial charge in [-0.3, -0.25) is 4.79 Å². The number of carbonyl (C=O) groups excluding carboxylic acids is 1. The molecule has 0 atom stereocenters. The lowest BCUT2D eigenvalue weighted by molar-refractivity contribution is 0.0992. The topological polar surface area (TPSA) is 71.7 Å². The van der Waals surface area contributed by atoms with Crippen molar-refractivity contribution in [2.75, 3.05) is 5.32 Å². The normalized spacial score (nSPS) is 10.6. The van der Waals surface area contributed by atoms with Crippen molar-refractivity contribution in [1.82, 2.24) is 0 Å². The van der Waals surface area contributed by atoms with E-state index < -0.39 is 5.91 Å². The Kier molecular flexibility index (Phi) is 5.61. The Bertz CT molecular complexity index is 932. The molecular formula is C18H12Cl3NO4. The third-order valence-corrected chi connectivity index (χ3v) is 4.14. The van der Waals surface area contributed by atoms with Crippen molar-refractivity contribution in [2.24, 2.45) is 0 Å². The molecule has 1 heterocycles. The Hall–Kier alpha value is -2.34. The summed E-state index contributed by atoms with van der Waals surface area (Å²) in [5.41, 5.74) is 0.284. The number of aromatic hydroxyl groups is 1. The van der Waals surface area contributed by atoms with Gasteiger partial charge in [0, 0.05) is 5.02 Å². The van der Waals surface area contributed by atoms with Gasteiger partial charge in [0.1, 0.15) is 18.1 Å². The van der Waals surface area contributed by atoms with E-state index in [1.807, 2.05) is 0 Å². The molecule has 0 bridgehead atoms. The molecule has 2 N–H and O–H groups in total. The fourth-order valence-electron chi connectivity index (χ4n) is 2.15. The van der Waals surface area contributed by atoms with Gasteiger partial charge in [-0.1, -0.05) is 46.9 Å². The lowest BCUT2D eigenvalue weighted by Gasteiger charge is -2.09. The molecule has 2 aromatic carbocycles. The van der Waals surface area contributed by atoms with Crippen LogP contribution in [0.2, 0.25) is 15.1 Å². The van der Waals surface area contributed by atoms with Gasteiger partial charge in [0.2, 0.25) is 0 Å². The maximum Gasteiger partial charge on any atom is 0.291 e. The van der Waals surface area contributed by atoms with E-state index in [4.69, 9.17) is 44.0 Å². The minimum absolute atomic E-state index is 0.0188. The monoisotopic (exact) mass is 411 g/mol. The van der Waals surface area contributed by atoms with Gasteiger partial charge in [-0.2, -0.15) is 0 Å². The predicted molar refractivity (Wildman–Crippen MR) is 101 cm³/mol. The van der Waals surface area contributed by atoms with Gasteiger partial charge in [-0.15, -0.1) is 0 Å². The van der Waals surface area contributed by atoms with E-state index in [0.29, 0.717) is 10.8 Å². The minimum Gasteiger partial charge on any atom is -0.506 e. The SMILES string of the molecule is O=C(Nc1ccccc1O)c1ccc(COc2c(Cl)cc(Cl)cc2Cl)o1. The first-order valence-corrected chi connectivity index (χ1v) is 8.53. The van der Waals surface area contributed by atoms with Crippen molar-refractivity contribution in [3.05, 3.63) is 75.1 Å². The van der Waals surface area contributed by atoms with Crippen LogP contribution in [-0.2, 0) is 6.61 Å². The van der Waals surface area contributed by atoms with Crippen LogP contribution >= 0.6 is 34.8 Å². The van der Waals surface area contributed by atoms with Crippen LogP contribution in [0.5, 0.6) is 11.5 Å². The Morgan fingerprint density at radius 2 is 1.77 bits per heavy atom. The highest BCUT2D eigenvalue weighted by Crippen LogP contribution is 2.36. The predicted octanol–water partition coefficient (Wildman–Crippen LogP) is 5.78. The van der Waals surface area contributed by atoms with E-state index in [1.165, 1.54) is 24.3 Å². The molecule has 0 fully saturated rings. The van der Waals surface area contributed by atoms with E-state index >= 15 is 0 Å². The molecule has 5 nitrogen and oxygen atoms in total. The summed E-state index contributed by atoms with van der Waals surface area (Å²) in [6.07, 6.45) is 0. The molecule has 0 aliphatic heterocycles. The van der Waals surface area contributed by atoms with E-state index in [9.17, 15) is 9.90 Å². The van der Waals surface area contributed by atoms with Crippen molar-refractivity contribution in [1.29, 1.82) is 0 Å².